The normalized spacial score (nSPS) is 25.6. The molecule has 0 spiro atoms. The van der Waals surface area contributed by atoms with Crippen molar-refractivity contribution < 1.29 is 57.2 Å². The molecule has 1 aliphatic heterocycles. The van der Waals surface area contributed by atoms with Gasteiger partial charge in [0, 0.05) is 20.8 Å². The Kier molecular flexibility index (Phi) is 9.19. The summed E-state index contributed by atoms with van der Waals surface area (Å²) >= 11 is 0. The number of esters is 4. The molecule has 1 heterocycles. The van der Waals surface area contributed by atoms with Crippen LogP contribution >= 0.6 is 0 Å². The zero-order valence-corrected chi connectivity index (χ0v) is 18.3. The number of carbonyl (C=O) groups excluding carboxylic acids is 5. The molecule has 0 aliphatic carbocycles. The molecule has 1 aliphatic rings. The number of hydroxylamine groups is 1. The predicted octanol–water partition coefficient (Wildman–Crippen LogP) is 0.136. The standard InChI is InChI=1S/C18H27NO12/c1-8(20)26-11-12(27-9(2)21)14(28-10(3)22)16(29-13(11)15(23)25-7)31-19-17(24)30-18(4,5)6/h11-14,16H,1-7H3,(H,19,24)/t11-,12-,13?,14+,16-/m0/s1. The third-order valence-corrected chi connectivity index (χ3v) is 3.49. The van der Waals surface area contributed by atoms with Crippen molar-refractivity contribution >= 4 is 30.0 Å². The smallest absolute Gasteiger partial charge is 0.431 e. The second-order valence-corrected chi connectivity index (χ2v) is 7.39. The van der Waals surface area contributed by atoms with Gasteiger partial charge in [-0.25, -0.2) is 14.4 Å². The molecule has 1 rings (SSSR count). The highest BCUT2D eigenvalue weighted by Gasteiger charge is 2.55. The van der Waals surface area contributed by atoms with Gasteiger partial charge in [-0.3, -0.25) is 14.4 Å². The Labute approximate surface area is 178 Å². The van der Waals surface area contributed by atoms with E-state index in [9.17, 15) is 24.0 Å². The van der Waals surface area contributed by atoms with Gasteiger partial charge < -0.3 is 28.4 Å². The summed E-state index contributed by atoms with van der Waals surface area (Å²) < 4.78 is 30.5. The molecule has 1 fully saturated rings. The predicted molar refractivity (Wildman–Crippen MR) is 97.8 cm³/mol. The average molecular weight is 449 g/mol. The van der Waals surface area contributed by atoms with Gasteiger partial charge in [-0.1, -0.05) is 0 Å². The van der Waals surface area contributed by atoms with Gasteiger partial charge in [-0.2, -0.15) is 5.48 Å². The molecular weight excluding hydrogens is 422 g/mol. The summed E-state index contributed by atoms with van der Waals surface area (Å²) in [5, 5.41) is 0. The first-order valence-corrected chi connectivity index (χ1v) is 9.14. The Balaban J connectivity index is 3.27. The lowest BCUT2D eigenvalue weighted by atomic mass is 9.98. The van der Waals surface area contributed by atoms with Crippen LogP contribution in [0.25, 0.3) is 0 Å². The van der Waals surface area contributed by atoms with Crippen molar-refractivity contribution in [1.29, 1.82) is 0 Å². The first-order chi connectivity index (χ1) is 14.2. The van der Waals surface area contributed by atoms with E-state index in [1.54, 1.807) is 20.8 Å². The molecule has 0 aromatic carbocycles. The van der Waals surface area contributed by atoms with Crippen molar-refractivity contribution in [2.45, 2.75) is 77.8 Å². The summed E-state index contributed by atoms with van der Waals surface area (Å²) in [6.07, 6.45) is -8.94. The van der Waals surface area contributed by atoms with E-state index in [1.165, 1.54) is 0 Å². The minimum absolute atomic E-state index is 0.838. The van der Waals surface area contributed by atoms with E-state index in [2.05, 4.69) is 4.74 Å². The average Bonchev–Trinajstić information content (AvgIpc) is 2.60. The van der Waals surface area contributed by atoms with Crippen molar-refractivity contribution in [3.8, 4) is 0 Å². The molecule has 0 radical (unpaired) electrons. The van der Waals surface area contributed by atoms with E-state index in [0.29, 0.717) is 0 Å². The van der Waals surface area contributed by atoms with Crippen LogP contribution in [-0.2, 0) is 52.4 Å². The molecule has 0 saturated carbocycles. The number of rotatable bonds is 6. The molecule has 0 bridgehead atoms. The molecule has 0 aromatic rings. The van der Waals surface area contributed by atoms with E-state index in [-0.39, 0.29) is 0 Å². The molecule has 0 aromatic heterocycles. The molecule has 1 amide bonds. The van der Waals surface area contributed by atoms with Crippen LogP contribution in [0.2, 0.25) is 0 Å². The highest BCUT2D eigenvalue weighted by atomic mass is 16.8. The Bertz CT molecular complexity index is 700. The van der Waals surface area contributed by atoms with Crippen molar-refractivity contribution in [2.75, 3.05) is 7.11 Å². The lowest BCUT2D eigenvalue weighted by Gasteiger charge is -2.42. The van der Waals surface area contributed by atoms with E-state index < -0.39 is 66.3 Å². The molecule has 176 valence electrons. The minimum atomic E-state index is -1.67. The first-order valence-electron chi connectivity index (χ1n) is 9.14. The van der Waals surface area contributed by atoms with Gasteiger partial charge in [-0.05, 0) is 20.8 Å². The van der Waals surface area contributed by atoms with Gasteiger partial charge in [0.15, 0.2) is 24.4 Å². The Morgan fingerprint density at radius 1 is 0.806 bits per heavy atom. The Hall–Kier alpha value is -2.93. The maximum atomic E-state index is 12.2. The Morgan fingerprint density at radius 3 is 1.74 bits per heavy atom. The van der Waals surface area contributed by atoms with Crippen molar-refractivity contribution in [2.24, 2.45) is 0 Å². The van der Waals surface area contributed by atoms with Crippen LogP contribution < -0.4 is 5.48 Å². The van der Waals surface area contributed by atoms with Gasteiger partial charge in [-0.15, -0.1) is 0 Å². The maximum Gasteiger partial charge on any atom is 0.431 e. The number of hydrogen-bond acceptors (Lipinski definition) is 12. The van der Waals surface area contributed by atoms with E-state index >= 15 is 0 Å². The van der Waals surface area contributed by atoms with Gasteiger partial charge in [0.1, 0.15) is 5.60 Å². The number of carbonyl (C=O) groups is 5. The Morgan fingerprint density at radius 2 is 1.29 bits per heavy atom. The fraction of sp³-hybridized carbons (Fsp3) is 0.722. The number of amides is 1. The van der Waals surface area contributed by atoms with E-state index in [4.69, 9.17) is 28.5 Å². The SMILES string of the molecule is COC(=O)C1O[C@@H](ONC(=O)OC(C)(C)C)[C@H](OC(C)=O)[C@@H](OC(C)=O)[C@@H]1OC(C)=O. The summed E-state index contributed by atoms with van der Waals surface area (Å²) in [5.74, 6) is -3.53. The fourth-order valence-corrected chi connectivity index (χ4v) is 2.58. The van der Waals surface area contributed by atoms with Crippen LogP contribution in [-0.4, -0.2) is 73.4 Å². The quantitative estimate of drug-likeness (QED) is 0.332. The van der Waals surface area contributed by atoms with Gasteiger partial charge >= 0.3 is 30.0 Å². The summed E-state index contributed by atoms with van der Waals surface area (Å²) in [5.41, 5.74) is 1.09. The van der Waals surface area contributed by atoms with Crippen LogP contribution in [0.15, 0.2) is 0 Å². The molecular formula is C18H27NO12. The lowest BCUT2D eigenvalue weighted by molar-refractivity contribution is -0.311. The van der Waals surface area contributed by atoms with Crippen LogP contribution in [0, 0.1) is 0 Å². The molecule has 13 nitrogen and oxygen atoms in total. The topological polar surface area (TPSA) is 162 Å². The van der Waals surface area contributed by atoms with Crippen LogP contribution in [0.4, 0.5) is 4.79 Å². The molecule has 31 heavy (non-hydrogen) atoms. The van der Waals surface area contributed by atoms with E-state index in [0.717, 1.165) is 27.9 Å². The summed E-state index contributed by atoms with van der Waals surface area (Å²) in [6.45, 7) is 7.98. The highest BCUT2D eigenvalue weighted by molar-refractivity contribution is 5.77. The number of ether oxygens (including phenoxy) is 6. The first kappa shape index (κ1) is 26.1. The van der Waals surface area contributed by atoms with Gasteiger partial charge in [0.25, 0.3) is 0 Å². The second-order valence-electron chi connectivity index (χ2n) is 7.39. The highest BCUT2D eigenvalue weighted by Crippen LogP contribution is 2.30. The third-order valence-electron chi connectivity index (χ3n) is 3.49. The van der Waals surface area contributed by atoms with Crippen molar-refractivity contribution in [1.82, 2.24) is 5.48 Å². The number of methoxy groups -OCH3 is 1. The molecule has 5 atom stereocenters. The number of hydrogen-bond donors (Lipinski definition) is 1. The van der Waals surface area contributed by atoms with Crippen LogP contribution in [0.5, 0.6) is 0 Å². The van der Waals surface area contributed by atoms with Gasteiger partial charge in [0.05, 0.1) is 7.11 Å². The largest absolute Gasteiger partial charge is 0.467 e. The fourth-order valence-electron chi connectivity index (χ4n) is 2.58. The number of nitrogens with one attached hydrogen (secondary N) is 1. The van der Waals surface area contributed by atoms with Crippen LogP contribution in [0.3, 0.4) is 0 Å². The van der Waals surface area contributed by atoms with E-state index in [1.807, 2.05) is 5.48 Å². The molecule has 1 unspecified atom stereocenters. The van der Waals surface area contributed by atoms with Gasteiger partial charge in [0.2, 0.25) is 6.29 Å². The molecule has 1 N–H and O–H groups in total. The summed E-state index contributed by atoms with van der Waals surface area (Å²) in [4.78, 5) is 64.1. The van der Waals surface area contributed by atoms with Crippen molar-refractivity contribution in [3.05, 3.63) is 0 Å². The molecule has 1 saturated heterocycles. The maximum absolute atomic E-state index is 12.2. The minimum Gasteiger partial charge on any atom is -0.467 e. The van der Waals surface area contributed by atoms with Crippen LogP contribution in [0.1, 0.15) is 41.5 Å². The summed E-state index contributed by atoms with van der Waals surface area (Å²) in [6, 6.07) is 0. The third kappa shape index (κ3) is 8.38. The second kappa shape index (κ2) is 10.9. The summed E-state index contributed by atoms with van der Waals surface area (Å²) in [7, 11) is 1.05. The molecule has 13 heteroatoms. The zero-order chi connectivity index (χ0) is 23.9. The zero-order valence-electron chi connectivity index (χ0n) is 18.3. The monoisotopic (exact) mass is 449 g/mol. The lowest BCUT2D eigenvalue weighted by Crippen LogP contribution is -2.64. The van der Waals surface area contributed by atoms with Crippen molar-refractivity contribution in [3.63, 3.8) is 0 Å².